The van der Waals surface area contributed by atoms with Crippen molar-refractivity contribution < 1.29 is 10.0 Å². The number of oxime groups is 1. The Hall–Kier alpha value is -1.46. The van der Waals surface area contributed by atoms with Crippen LogP contribution in [0.1, 0.15) is 45.4 Å². The minimum Gasteiger partial charge on any atom is -0.409 e. The third-order valence-electron chi connectivity index (χ3n) is 3.22. The number of nitrogens with one attached hydrogen (secondary N) is 2. The van der Waals surface area contributed by atoms with Gasteiger partial charge in [-0.2, -0.15) is 0 Å². The molecule has 2 amide bonds. The highest BCUT2D eigenvalue weighted by Gasteiger charge is 2.39. The summed E-state index contributed by atoms with van der Waals surface area (Å²) >= 11 is 0. The lowest BCUT2D eigenvalue weighted by Crippen LogP contribution is -2.58. The fourth-order valence-corrected chi connectivity index (χ4v) is 2.16. The number of amidine groups is 1. The highest BCUT2D eigenvalue weighted by atomic mass is 16.4. The Morgan fingerprint density at radius 3 is 2.65 bits per heavy atom. The standard InChI is InChI=1S/C11H22N4O2/c1-2-3-8-13-10(16)14-11(9(12)15-17)6-4-5-7-11/h17H,2-8H2,1H3,(H2,12,15)(H2,13,14,16). The van der Waals surface area contributed by atoms with Crippen molar-refractivity contribution in [3.05, 3.63) is 0 Å². The van der Waals surface area contributed by atoms with Gasteiger partial charge < -0.3 is 21.6 Å². The number of carbonyl (C=O) groups excluding carboxylic acids is 1. The van der Waals surface area contributed by atoms with Crippen molar-refractivity contribution in [1.82, 2.24) is 10.6 Å². The number of unbranched alkanes of at least 4 members (excludes halogenated alkanes) is 1. The second-order valence-corrected chi connectivity index (χ2v) is 4.51. The predicted molar refractivity (Wildman–Crippen MR) is 66.1 cm³/mol. The molecule has 1 aliphatic carbocycles. The molecule has 1 aliphatic rings. The smallest absolute Gasteiger partial charge is 0.315 e. The summed E-state index contributed by atoms with van der Waals surface area (Å²) in [5.41, 5.74) is 5.01. The molecule has 0 aliphatic heterocycles. The topological polar surface area (TPSA) is 99.7 Å². The van der Waals surface area contributed by atoms with E-state index in [-0.39, 0.29) is 11.9 Å². The maximum absolute atomic E-state index is 11.7. The number of hydrogen-bond donors (Lipinski definition) is 4. The van der Waals surface area contributed by atoms with Crippen LogP contribution in [-0.4, -0.2) is 29.2 Å². The Balaban J connectivity index is 2.53. The Bertz CT molecular complexity index is 285. The summed E-state index contributed by atoms with van der Waals surface area (Å²) in [7, 11) is 0. The molecule has 1 rings (SSSR count). The fourth-order valence-electron chi connectivity index (χ4n) is 2.16. The van der Waals surface area contributed by atoms with E-state index in [4.69, 9.17) is 10.9 Å². The SMILES string of the molecule is CCCCNC(=O)NC1(/C(N)=N/O)CCCC1. The van der Waals surface area contributed by atoms with Gasteiger partial charge in [-0.15, -0.1) is 0 Å². The first-order chi connectivity index (χ1) is 8.14. The van der Waals surface area contributed by atoms with Gasteiger partial charge in [0.15, 0.2) is 5.84 Å². The lowest BCUT2D eigenvalue weighted by atomic mass is 9.96. The molecule has 0 aromatic rings. The van der Waals surface area contributed by atoms with Crippen LogP contribution in [0.3, 0.4) is 0 Å². The molecule has 0 heterocycles. The van der Waals surface area contributed by atoms with Crippen molar-refractivity contribution in [2.75, 3.05) is 6.54 Å². The summed E-state index contributed by atoms with van der Waals surface area (Å²) in [6.45, 7) is 2.71. The van der Waals surface area contributed by atoms with Gasteiger partial charge in [0.1, 0.15) is 5.54 Å². The second kappa shape index (κ2) is 6.32. The summed E-state index contributed by atoms with van der Waals surface area (Å²) < 4.78 is 0. The minimum atomic E-state index is -0.662. The highest BCUT2D eigenvalue weighted by Crippen LogP contribution is 2.29. The number of urea groups is 1. The van der Waals surface area contributed by atoms with Crippen LogP contribution in [0.15, 0.2) is 5.16 Å². The molecule has 0 radical (unpaired) electrons. The zero-order valence-corrected chi connectivity index (χ0v) is 10.3. The first-order valence-corrected chi connectivity index (χ1v) is 6.18. The largest absolute Gasteiger partial charge is 0.409 e. The molecule has 6 nitrogen and oxygen atoms in total. The van der Waals surface area contributed by atoms with Gasteiger partial charge in [-0.05, 0) is 19.3 Å². The van der Waals surface area contributed by atoms with Gasteiger partial charge in [0.25, 0.3) is 0 Å². The van der Waals surface area contributed by atoms with E-state index < -0.39 is 5.54 Å². The van der Waals surface area contributed by atoms with Crippen LogP contribution in [-0.2, 0) is 0 Å². The third-order valence-corrected chi connectivity index (χ3v) is 3.22. The van der Waals surface area contributed by atoms with Crippen LogP contribution >= 0.6 is 0 Å². The van der Waals surface area contributed by atoms with E-state index in [9.17, 15) is 4.79 Å². The molecular weight excluding hydrogens is 220 g/mol. The van der Waals surface area contributed by atoms with Gasteiger partial charge in [-0.3, -0.25) is 0 Å². The predicted octanol–water partition coefficient (Wildman–Crippen LogP) is 1.14. The van der Waals surface area contributed by atoms with E-state index in [1.54, 1.807) is 0 Å². The normalized spacial score (nSPS) is 19.0. The summed E-state index contributed by atoms with van der Waals surface area (Å²) in [6.07, 6.45) is 5.39. The Morgan fingerprint density at radius 1 is 1.47 bits per heavy atom. The first kappa shape index (κ1) is 13.6. The van der Waals surface area contributed by atoms with Crippen molar-refractivity contribution in [3.8, 4) is 0 Å². The van der Waals surface area contributed by atoms with Crippen LogP contribution in [0.5, 0.6) is 0 Å². The van der Waals surface area contributed by atoms with E-state index in [1.165, 1.54) is 0 Å². The van der Waals surface area contributed by atoms with Gasteiger partial charge in [0.2, 0.25) is 0 Å². The van der Waals surface area contributed by atoms with E-state index in [2.05, 4.69) is 22.7 Å². The van der Waals surface area contributed by atoms with Gasteiger partial charge in [-0.25, -0.2) is 4.79 Å². The summed E-state index contributed by atoms with van der Waals surface area (Å²) in [5.74, 6) is 0.0978. The fraction of sp³-hybridized carbons (Fsp3) is 0.818. The second-order valence-electron chi connectivity index (χ2n) is 4.51. The Labute approximate surface area is 102 Å². The number of rotatable bonds is 5. The lowest BCUT2D eigenvalue weighted by molar-refractivity contribution is 0.232. The molecule has 0 atom stereocenters. The van der Waals surface area contributed by atoms with Gasteiger partial charge in [0.05, 0.1) is 0 Å². The molecule has 0 unspecified atom stereocenters. The van der Waals surface area contributed by atoms with Crippen molar-refractivity contribution in [3.63, 3.8) is 0 Å². The summed E-state index contributed by atoms with van der Waals surface area (Å²) in [4.78, 5) is 11.7. The van der Waals surface area contributed by atoms with E-state index in [1.807, 2.05) is 0 Å². The molecular formula is C11H22N4O2. The molecule has 17 heavy (non-hydrogen) atoms. The van der Waals surface area contributed by atoms with Gasteiger partial charge >= 0.3 is 6.03 Å². The Morgan fingerprint density at radius 2 is 2.12 bits per heavy atom. The zero-order valence-electron chi connectivity index (χ0n) is 10.3. The van der Waals surface area contributed by atoms with Crippen LogP contribution in [0.4, 0.5) is 4.79 Å². The first-order valence-electron chi connectivity index (χ1n) is 6.18. The quantitative estimate of drug-likeness (QED) is 0.191. The Kier molecular flexibility index (Phi) is 5.06. The molecule has 5 N–H and O–H groups in total. The molecule has 0 aromatic carbocycles. The molecule has 0 spiro atoms. The summed E-state index contributed by atoms with van der Waals surface area (Å²) in [5, 5.41) is 17.4. The van der Waals surface area contributed by atoms with E-state index >= 15 is 0 Å². The van der Waals surface area contributed by atoms with Crippen molar-refractivity contribution in [2.24, 2.45) is 10.9 Å². The van der Waals surface area contributed by atoms with Gasteiger partial charge in [0, 0.05) is 6.54 Å². The molecule has 0 bridgehead atoms. The maximum Gasteiger partial charge on any atom is 0.315 e. The van der Waals surface area contributed by atoms with E-state index in [0.717, 1.165) is 38.5 Å². The molecule has 6 heteroatoms. The molecule has 1 saturated carbocycles. The lowest BCUT2D eigenvalue weighted by Gasteiger charge is -2.28. The molecule has 1 fully saturated rings. The average molecular weight is 242 g/mol. The minimum absolute atomic E-state index is 0.0978. The number of nitrogens with zero attached hydrogens (tertiary/aromatic N) is 1. The van der Waals surface area contributed by atoms with Crippen molar-refractivity contribution in [2.45, 2.75) is 51.0 Å². The van der Waals surface area contributed by atoms with Crippen LogP contribution in [0.25, 0.3) is 0 Å². The van der Waals surface area contributed by atoms with Crippen molar-refractivity contribution in [1.29, 1.82) is 0 Å². The van der Waals surface area contributed by atoms with Crippen LogP contribution in [0, 0.1) is 0 Å². The molecule has 0 saturated heterocycles. The summed E-state index contributed by atoms with van der Waals surface area (Å²) in [6, 6.07) is -0.244. The van der Waals surface area contributed by atoms with Gasteiger partial charge in [-0.1, -0.05) is 31.3 Å². The van der Waals surface area contributed by atoms with Crippen LogP contribution in [0.2, 0.25) is 0 Å². The van der Waals surface area contributed by atoms with Crippen LogP contribution < -0.4 is 16.4 Å². The monoisotopic (exact) mass is 242 g/mol. The maximum atomic E-state index is 11.7. The zero-order chi connectivity index (χ0) is 12.7. The number of amides is 2. The highest BCUT2D eigenvalue weighted by molar-refractivity contribution is 5.93. The van der Waals surface area contributed by atoms with Crippen molar-refractivity contribution >= 4 is 11.9 Å². The molecule has 0 aromatic heterocycles. The molecule has 98 valence electrons. The number of nitrogens with two attached hydrogens (primary N) is 1. The average Bonchev–Trinajstić information content (AvgIpc) is 2.78. The number of carbonyl (C=O) groups is 1. The number of hydrogen-bond acceptors (Lipinski definition) is 3. The van der Waals surface area contributed by atoms with E-state index in [0.29, 0.717) is 6.54 Å². The third kappa shape index (κ3) is 3.51.